The van der Waals surface area contributed by atoms with Crippen molar-refractivity contribution in [2.75, 3.05) is 38.2 Å². The SMILES string of the molecule is COc1ccc(CC2NC(=O)C(N)CSSCC(C(=O)N3CCCC3C(=O)NC(CCCN=C(N)N)C(=O)NCC(N)=O)NC(=O)C(CC(N)=O)NC(=O)C(CCC(N)=O)NC(=O)C(Cc3ccccc3)NC2=O)cc1. The van der Waals surface area contributed by atoms with Gasteiger partial charge in [0.15, 0.2) is 5.96 Å². The molecular formula is C47H67N15O12S2. The topological polar surface area (TPSA) is 453 Å². The van der Waals surface area contributed by atoms with Crippen molar-refractivity contribution >= 4 is 92.5 Å². The number of carbonyl (C=O) groups is 11. The van der Waals surface area contributed by atoms with Crippen LogP contribution in [0.25, 0.3) is 0 Å². The maximum absolute atomic E-state index is 14.6. The van der Waals surface area contributed by atoms with E-state index in [1.807, 2.05) is 0 Å². The molecule has 414 valence electrons. The number of guanidine groups is 1. The summed E-state index contributed by atoms with van der Waals surface area (Å²) in [5.41, 5.74) is 34.6. The maximum atomic E-state index is 14.6. The van der Waals surface area contributed by atoms with Crippen molar-refractivity contribution in [3.05, 3.63) is 65.7 Å². The van der Waals surface area contributed by atoms with Gasteiger partial charge in [-0.2, -0.15) is 0 Å². The van der Waals surface area contributed by atoms with Crippen molar-refractivity contribution < 1.29 is 57.5 Å². The summed E-state index contributed by atoms with van der Waals surface area (Å²) in [4.78, 5) is 154. The van der Waals surface area contributed by atoms with E-state index in [0.717, 1.165) is 21.6 Å². The van der Waals surface area contributed by atoms with Crippen LogP contribution in [0.1, 0.15) is 56.1 Å². The smallest absolute Gasteiger partial charge is 0.246 e. The molecule has 2 aliphatic heterocycles. The van der Waals surface area contributed by atoms with E-state index in [1.54, 1.807) is 54.6 Å². The highest BCUT2D eigenvalue weighted by atomic mass is 33.1. The van der Waals surface area contributed by atoms with Crippen LogP contribution >= 0.6 is 21.6 Å². The second-order valence-electron chi connectivity index (χ2n) is 17.8. The number of primary amides is 3. The first-order chi connectivity index (χ1) is 36.1. The number of methoxy groups -OCH3 is 1. The quantitative estimate of drug-likeness (QED) is 0.0255. The second kappa shape index (κ2) is 30.6. The van der Waals surface area contributed by atoms with E-state index in [9.17, 15) is 52.7 Å². The van der Waals surface area contributed by atoms with Crippen LogP contribution in [0.15, 0.2) is 59.6 Å². The minimum atomic E-state index is -1.79. The molecule has 11 amide bonds. The van der Waals surface area contributed by atoms with Gasteiger partial charge in [-0.15, -0.1) is 0 Å². The van der Waals surface area contributed by atoms with E-state index in [1.165, 1.54) is 12.0 Å². The van der Waals surface area contributed by atoms with E-state index in [-0.39, 0.29) is 62.7 Å². The number of likely N-dealkylation sites (tertiary alicyclic amines) is 1. The molecule has 2 aromatic rings. The Hall–Kier alpha value is -7.66. The van der Waals surface area contributed by atoms with E-state index in [2.05, 4.69) is 42.2 Å². The van der Waals surface area contributed by atoms with Crippen molar-refractivity contribution in [1.82, 2.24) is 42.1 Å². The van der Waals surface area contributed by atoms with Crippen LogP contribution in [-0.4, -0.2) is 162 Å². The Balaban J connectivity index is 1.71. The summed E-state index contributed by atoms with van der Waals surface area (Å²) in [5, 5.41) is 17.9. The molecule has 27 nitrogen and oxygen atoms in total. The van der Waals surface area contributed by atoms with Gasteiger partial charge in [0.2, 0.25) is 65.0 Å². The predicted octanol–water partition coefficient (Wildman–Crippen LogP) is -5.10. The molecule has 0 saturated carbocycles. The third-order valence-electron chi connectivity index (χ3n) is 11.9. The molecule has 0 aromatic heterocycles. The van der Waals surface area contributed by atoms with Crippen LogP contribution < -0.4 is 76.4 Å². The summed E-state index contributed by atoms with van der Waals surface area (Å²) in [6.45, 7) is -0.429. The lowest BCUT2D eigenvalue weighted by Gasteiger charge is -2.31. The van der Waals surface area contributed by atoms with Gasteiger partial charge >= 0.3 is 0 Å². The Bertz CT molecular complexity index is 2430. The molecule has 76 heavy (non-hydrogen) atoms. The third kappa shape index (κ3) is 20.2. The lowest BCUT2D eigenvalue weighted by atomic mass is 10.0. The zero-order valence-electron chi connectivity index (χ0n) is 41.8. The average molecular weight is 1100 g/mol. The van der Waals surface area contributed by atoms with Crippen LogP contribution in [0.3, 0.4) is 0 Å². The monoisotopic (exact) mass is 1100 g/mol. The maximum Gasteiger partial charge on any atom is 0.246 e. The molecule has 8 unspecified atom stereocenters. The minimum absolute atomic E-state index is 0.00528. The number of hydrogen-bond acceptors (Lipinski definition) is 16. The fraction of sp³-hybridized carbons (Fsp3) is 0.489. The summed E-state index contributed by atoms with van der Waals surface area (Å²) < 4.78 is 5.27. The van der Waals surface area contributed by atoms with Gasteiger partial charge in [-0.1, -0.05) is 64.1 Å². The number of benzene rings is 2. The highest BCUT2D eigenvalue weighted by molar-refractivity contribution is 8.76. The normalized spacial score (nSPS) is 22.4. The van der Waals surface area contributed by atoms with Crippen molar-refractivity contribution in [3.8, 4) is 5.75 Å². The number of ether oxygens (including phenoxy) is 1. The molecule has 4 rings (SSSR count). The molecule has 0 aliphatic carbocycles. The Labute approximate surface area is 445 Å². The van der Waals surface area contributed by atoms with Gasteiger partial charge in [-0.25, -0.2) is 0 Å². The molecule has 19 N–H and O–H groups in total. The number of hydrogen-bond donors (Lipinski definition) is 13. The first-order valence-electron chi connectivity index (χ1n) is 24.1. The van der Waals surface area contributed by atoms with Crippen LogP contribution in [-0.2, 0) is 65.6 Å². The highest BCUT2D eigenvalue weighted by Crippen LogP contribution is 2.26. The summed E-state index contributed by atoms with van der Waals surface area (Å²) >= 11 is 0. The predicted molar refractivity (Wildman–Crippen MR) is 280 cm³/mol. The summed E-state index contributed by atoms with van der Waals surface area (Å²) in [6.07, 6.45) is -1.26. The van der Waals surface area contributed by atoms with Crippen molar-refractivity contribution in [3.63, 3.8) is 0 Å². The van der Waals surface area contributed by atoms with Gasteiger partial charge < -0.3 is 81.3 Å². The number of carbonyl (C=O) groups excluding carboxylic acids is 11. The van der Waals surface area contributed by atoms with Crippen LogP contribution in [0, 0.1) is 0 Å². The average Bonchev–Trinajstić information content (AvgIpc) is 3.88. The van der Waals surface area contributed by atoms with Crippen LogP contribution in [0.4, 0.5) is 0 Å². The van der Waals surface area contributed by atoms with Gasteiger partial charge in [-0.3, -0.25) is 57.7 Å². The fourth-order valence-corrected chi connectivity index (χ4v) is 10.2. The van der Waals surface area contributed by atoms with Crippen LogP contribution in [0.2, 0.25) is 0 Å². The van der Waals surface area contributed by atoms with Crippen molar-refractivity contribution in [2.24, 2.45) is 39.4 Å². The zero-order valence-corrected chi connectivity index (χ0v) is 43.4. The number of aliphatic imine (C=N–C) groups is 1. The molecule has 2 aromatic carbocycles. The van der Waals surface area contributed by atoms with E-state index < -0.39 is 139 Å². The Morgan fingerprint density at radius 1 is 0.724 bits per heavy atom. The van der Waals surface area contributed by atoms with Crippen LogP contribution in [0.5, 0.6) is 5.75 Å². The summed E-state index contributed by atoms with van der Waals surface area (Å²) in [5.74, 6) is -9.76. The Morgan fingerprint density at radius 3 is 1.91 bits per heavy atom. The van der Waals surface area contributed by atoms with Crippen molar-refractivity contribution in [2.45, 2.75) is 106 Å². The summed E-state index contributed by atoms with van der Waals surface area (Å²) in [7, 11) is 3.50. The van der Waals surface area contributed by atoms with Gasteiger partial charge in [0, 0.05) is 43.9 Å². The number of rotatable bonds is 20. The van der Waals surface area contributed by atoms with E-state index in [4.69, 9.17) is 39.1 Å². The van der Waals surface area contributed by atoms with Gasteiger partial charge in [-0.05, 0) is 55.4 Å². The molecule has 2 fully saturated rings. The fourth-order valence-electron chi connectivity index (χ4n) is 7.93. The lowest BCUT2D eigenvalue weighted by molar-refractivity contribution is -0.142. The molecule has 0 spiro atoms. The molecule has 8 atom stereocenters. The lowest BCUT2D eigenvalue weighted by Crippen LogP contribution is -2.61. The number of nitrogens with one attached hydrogen (secondary N) is 7. The Kier molecular flexibility index (Phi) is 24.6. The molecule has 2 heterocycles. The van der Waals surface area contributed by atoms with Gasteiger partial charge in [0.1, 0.15) is 48.0 Å². The largest absolute Gasteiger partial charge is 0.497 e. The van der Waals surface area contributed by atoms with E-state index >= 15 is 0 Å². The summed E-state index contributed by atoms with van der Waals surface area (Å²) in [6, 6.07) is 3.85. The highest BCUT2D eigenvalue weighted by Gasteiger charge is 2.40. The molecule has 29 heteroatoms. The molecule has 2 saturated heterocycles. The standard InChI is InChI=1S/C47H67N15O12S2/c1-74-27-13-11-26(12-14-27)20-31-43(70)59-32(19-25-7-3-2-4-8-25)42(69)56-30(15-16-36(49)63)41(68)60-33(21-37(50)64)44(71)61-34(24-76-75-23-28(48)39(66)58-31)46(73)62-18-6-10-35(62)45(72)57-29(9-5-17-54-47(52)53)40(67)55-22-38(51)65/h2-4,7-8,11-14,28-35H,5-6,9-10,15-24,48H2,1H3,(H2,49,63)(H2,50,64)(H2,51,65)(H,55,67)(H,56,69)(H,57,72)(H,58,66)(H,59,70)(H,60,68)(H,61,71)(H4,52,53,54). The first-order valence-corrected chi connectivity index (χ1v) is 26.6. The Morgan fingerprint density at radius 2 is 1.30 bits per heavy atom. The van der Waals surface area contributed by atoms with E-state index in [0.29, 0.717) is 23.3 Å². The molecule has 0 radical (unpaired) electrons. The second-order valence-corrected chi connectivity index (χ2v) is 20.3. The minimum Gasteiger partial charge on any atom is -0.497 e. The van der Waals surface area contributed by atoms with Crippen molar-refractivity contribution in [1.29, 1.82) is 0 Å². The molecular weight excluding hydrogens is 1030 g/mol. The molecule has 0 bridgehead atoms. The molecule has 2 aliphatic rings. The first kappa shape index (κ1) is 60.9. The van der Waals surface area contributed by atoms with Gasteiger partial charge in [0.05, 0.1) is 26.1 Å². The number of amides is 11. The third-order valence-corrected chi connectivity index (χ3v) is 14.3. The number of nitrogens with zero attached hydrogens (tertiary/aromatic N) is 2. The van der Waals surface area contributed by atoms with Gasteiger partial charge in [0.25, 0.3) is 0 Å². The number of nitrogens with two attached hydrogens (primary N) is 6. The zero-order chi connectivity index (χ0) is 55.9.